The van der Waals surface area contributed by atoms with Gasteiger partial charge in [0, 0.05) is 6.54 Å². The molecule has 1 aromatic heterocycles. The number of carbonyl (C=O) groups is 1. The number of rotatable bonds is 3. The summed E-state index contributed by atoms with van der Waals surface area (Å²) in [6, 6.07) is 0. The molecule has 4 nitrogen and oxygen atoms in total. The number of halogens is 1. The number of hydrogen-bond donors (Lipinski definition) is 1. The highest BCUT2D eigenvalue weighted by Crippen LogP contribution is 2.23. The molecule has 0 fully saturated rings. The summed E-state index contributed by atoms with van der Waals surface area (Å²) in [6.45, 7) is 4.18. The van der Waals surface area contributed by atoms with Gasteiger partial charge in [0.05, 0.1) is 17.9 Å². The zero-order valence-electron chi connectivity index (χ0n) is 7.49. The van der Waals surface area contributed by atoms with Crippen LogP contribution >= 0.6 is 11.6 Å². The van der Waals surface area contributed by atoms with Crippen molar-refractivity contribution < 1.29 is 9.90 Å². The molecule has 1 unspecified atom stereocenters. The zero-order valence-corrected chi connectivity index (χ0v) is 8.25. The van der Waals surface area contributed by atoms with E-state index in [0.717, 1.165) is 0 Å². The van der Waals surface area contributed by atoms with Crippen LogP contribution in [0.25, 0.3) is 0 Å². The number of hydrogen-bond acceptors (Lipinski definition) is 2. The predicted octanol–water partition coefficient (Wildman–Crippen LogP) is 1.74. The van der Waals surface area contributed by atoms with E-state index in [1.165, 1.54) is 0 Å². The van der Waals surface area contributed by atoms with E-state index in [2.05, 4.69) is 4.98 Å². The number of nitrogens with zero attached hydrogens (tertiary/aromatic N) is 2. The minimum atomic E-state index is -0.892. The summed E-state index contributed by atoms with van der Waals surface area (Å²) in [5.41, 5.74) is 0.566. The van der Waals surface area contributed by atoms with Crippen molar-refractivity contribution in [3.63, 3.8) is 0 Å². The highest BCUT2D eigenvalue weighted by Gasteiger charge is 2.21. The van der Waals surface area contributed by atoms with E-state index in [9.17, 15) is 4.79 Å². The zero-order chi connectivity index (χ0) is 10.0. The molecule has 1 rings (SSSR count). The van der Waals surface area contributed by atoms with Crippen molar-refractivity contribution in [2.75, 3.05) is 0 Å². The molecule has 0 amide bonds. The second-order valence-corrected chi connectivity index (χ2v) is 3.12. The minimum Gasteiger partial charge on any atom is -0.481 e. The summed E-state index contributed by atoms with van der Waals surface area (Å²) in [5, 5.41) is 9.07. The third-order valence-corrected chi connectivity index (χ3v) is 2.24. The van der Waals surface area contributed by atoms with Gasteiger partial charge in [-0.2, -0.15) is 0 Å². The summed E-state index contributed by atoms with van der Waals surface area (Å²) in [5.74, 6) is -1.51. The smallest absolute Gasteiger partial charge is 0.312 e. The Bertz CT molecular complexity index is 322. The number of aromatic nitrogens is 2. The van der Waals surface area contributed by atoms with Gasteiger partial charge in [-0.3, -0.25) is 4.79 Å². The van der Waals surface area contributed by atoms with Crippen LogP contribution in [0.5, 0.6) is 0 Å². The number of carboxylic acids is 1. The van der Waals surface area contributed by atoms with E-state index in [0.29, 0.717) is 12.2 Å². The van der Waals surface area contributed by atoms with Crippen LogP contribution in [0.4, 0.5) is 0 Å². The lowest BCUT2D eigenvalue weighted by Gasteiger charge is -2.09. The Morgan fingerprint density at radius 2 is 2.46 bits per heavy atom. The SMILES string of the molecule is CCn1cnc(Cl)c1C(C)C(=O)O. The molecule has 1 N–H and O–H groups in total. The summed E-state index contributed by atoms with van der Waals surface area (Å²) in [4.78, 5) is 14.6. The molecule has 0 aliphatic rings. The van der Waals surface area contributed by atoms with Gasteiger partial charge < -0.3 is 9.67 Å². The molecule has 0 bridgehead atoms. The van der Waals surface area contributed by atoms with Crippen LogP contribution in [0.15, 0.2) is 6.33 Å². The predicted molar refractivity (Wildman–Crippen MR) is 49.0 cm³/mol. The largest absolute Gasteiger partial charge is 0.481 e. The molecule has 0 aliphatic heterocycles. The molecule has 13 heavy (non-hydrogen) atoms. The van der Waals surface area contributed by atoms with Gasteiger partial charge in [-0.05, 0) is 13.8 Å². The second-order valence-electron chi connectivity index (χ2n) is 2.77. The molecule has 0 saturated carbocycles. The molecule has 72 valence electrons. The first-order valence-corrected chi connectivity index (χ1v) is 4.39. The molecule has 5 heteroatoms. The van der Waals surface area contributed by atoms with Crippen molar-refractivity contribution in [1.29, 1.82) is 0 Å². The highest BCUT2D eigenvalue weighted by molar-refractivity contribution is 6.30. The molecule has 0 saturated heterocycles. The molecule has 1 aromatic rings. The summed E-state index contributed by atoms with van der Waals surface area (Å²) >= 11 is 5.77. The molecule has 1 heterocycles. The minimum absolute atomic E-state index is 0.275. The van der Waals surface area contributed by atoms with Crippen LogP contribution in [-0.4, -0.2) is 20.6 Å². The molecule has 0 radical (unpaired) electrons. The Labute approximate surface area is 81.2 Å². The van der Waals surface area contributed by atoms with Crippen molar-refractivity contribution in [2.45, 2.75) is 26.3 Å². The quantitative estimate of drug-likeness (QED) is 0.813. The maximum Gasteiger partial charge on any atom is 0.312 e. The average molecular weight is 203 g/mol. The van der Waals surface area contributed by atoms with E-state index < -0.39 is 11.9 Å². The van der Waals surface area contributed by atoms with Gasteiger partial charge in [0.25, 0.3) is 0 Å². The Kier molecular flexibility index (Phi) is 2.93. The van der Waals surface area contributed by atoms with Crippen LogP contribution in [0.1, 0.15) is 25.5 Å². The van der Waals surface area contributed by atoms with Crippen LogP contribution in [-0.2, 0) is 11.3 Å². The van der Waals surface area contributed by atoms with Gasteiger partial charge in [0.2, 0.25) is 0 Å². The third kappa shape index (κ3) is 1.83. The first-order chi connectivity index (χ1) is 6.07. The lowest BCUT2D eigenvalue weighted by molar-refractivity contribution is -0.138. The van der Waals surface area contributed by atoms with E-state index in [-0.39, 0.29) is 5.15 Å². The average Bonchev–Trinajstić information content (AvgIpc) is 2.45. The van der Waals surface area contributed by atoms with Crippen LogP contribution in [0.2, 0.25) is 5.15 Å². The van der Waals surface area contributed by atoms with Gasteiger partial charge in [0.15, 0.2) is 5.15 Å². The fourth-order valence-corrected chi connectivity index (χ4v) is 1.48. The number of imidazole rings is 1. The van der Waals surface area contributed by atoms with Crippen molar-refractivity contribution >= 4 is 17.6 Å². The third-order valence-electron chi connectivity index (χ3n) is 1.95. The lowest BCUT2D eigenvalue weighted by atomic mass is 10.1. The molecule has 0 spiro atoms. The molecule has 1 atom stereocenters. The van der Waals surface area contributed by atoms with E-state index >= 15 is 0 Å². The van der Waals surface area contributed by atoms with E-state index in [4.69, 9.17) is 16.7 Å². The maximum absolute atomic E-state index is 10.7. The Morgan fingerprint density at radius 1 is 1.85 bits per heavy atom. The highest BCUT2D eigenvalue weighted by atomic mass is 35.5. The van der Waals surface area contributed by atoms with E-state index in [1.54, 1.807) is 17.8 Å². The summed E-state index contributed by atoms with van der Waals surface area (Å²) < 4.78 is 1.74. The van der Waals surface area contributed by atoms with Gasteiger partial charge in [-0.25, -0.2) is 4.98 Å². The Morgan fingerprint density at radius 3 is 2.92 bits per heavy atom. The topological polar surface area (TPSA) is 55.1 Å². The van der Waals surface area contributed by atoms with E-state index in [1.807, 2.05) is 6.92 Å². The monoisotopic (exact) mass is 202 g/mol. The van der Waals surface area contributed by atoms with Gasteiger partial charge in [-0.1, -0.05) is 11.6 Å². The van der Waals surface area contributed by atoms with Gasteiger partial charge in [0.1, 0.15) is 0 Å². The Hall–Kier alpha value is -1.03. The van der Waals surface area contributed by atoms with Crippen molar-refractivity contribution in [2.24, 2.45) is 0 Å². The van der Waals surface area contributed by atoms with Gasteiger partial charge in [-0.15, -0.1) is 0 Å². The normalized spacial score (nSPS) is 12.8. The van der Waals surface area contributed by atoms with Crippen LogP contribution in [0.3, 0.4) is 0 Å². The fourth-order valence-electron chi connectivity index (χ4n) is 1.16. The molecule has 0 aromatic carbocycles. The fraction of sp³-hybridized carbons (Fsp3) is 0.500. The van der Waals surface area contributed by atoms with Gasteiger partial charge >= 0.3 is 5.97 Å². The standard InChI is InChI=1S/C8H11ClN2O2/c1-3-11-4-10-7(9)6(11)5(2)8(12)13/h4-5H,3H2,1-2H3,(H,12,13). The molecule has 0 aliphatic carbocycles. The molecular formula is C8H11ClN2O2. The number of carboxylic acid groups (broad SMARTS) is 1. The summed E-state index contributed by atoms with van der Waals surface area (Å²) in [6.07, 6.45) is 1.55. The maximum atomic E-state index is 10.7. The first-order valence-electron chi connectivity index (χ1n) is 4.01. The number of aliphatic carboxylic acids is 1. The Balaban J connectivity index is 3.10. The van der Waals surface area contributed by atoms with Crippen LogP contribution < -0.4 is 0 Å². The second kappa shape index (κ2) is 3.79. The number of aryl methyl sites for hydroxylation is 1. The lowest BCUT2D eigenvalue weighted by Crippen LogP contribution is -2.12. The van der Waals surface area contributed by atoms with Crippen molar-refractivity contribution in [3.05, 3.63) is 17.2 Å². The van der Waals surface area contributed by atoms with Crippen LogP contribution in [0, 0.1) is 0 Å². The van der Waals surface area contributed by atoms with Crippen molar-refractivity contribution in [1.82, 2.24) is 9.55 Å². The first kappa shape index (κ1) is 10.1. The molecular weight excluding hydrogens is 192 g/mol. The van der Waals surface area contributed by atoms with Crippen molar-refractivity contribution in [3.8, 4) is 0 Å². The summed E-state index contributed by atoms with van der Waals surface area (Å²) in [7, 11) is 0.